The number of hydrogen-bond acceptors (Lipinski definition) is 1. The van der Waals surface area contributed by atoms with Crippen molar-refractivity contribution >= 4 is 11.6 Å². The molecule has 0 bridgehead atoms. The van der Waals surface area contributed by atoms with Gasteiger partial charge in [-0.15, -0.1) is 6.42 Å². The van der Waals surface area contributed by atoms with Gasteiger partial charge in [0.25, 0.3) is 0 Å². The Morgan fingerprint density at radius 1 is 1.04 bits per heavy atom. The van der Waals surface area contributed by atoms with E-state index in [9.17, 15) is 4.79 Å². The number of hydrogen-bond donors (Lipinski definition) is 0. The summed E-state index contributed by atoms with van der Waals surface area (Å²) in [6.45, 7) is 3.12. The van der Waals surface area contributed by atoms with E-state index >= 15 is 0 Å². The third kappa shape index (κ3) is 2.70. The minimum Gasteiger partial charge on any atom is -0.346 e. The zero-order chi connectivity index (χ0) is 18.1. The highest BCUT2D eigenvalue weighted by Gasteiger charge is 2.38. The van der Waals surface area contributed by atoms with Gasteiger partial charge >= 0.3 is 0 Å². The van der Waals surface area contributed by atoms with Gasteiger partial charge in [0, 0.05) is 24.1 Å². The van der Waals surface area contributed by atoms with Gasteiger partial charge in [-0.3, -0.25) is 9.69 Å². The molecular weight excluding hydrogens is 320 g/mol. The summed E-state index contributed by atoms with van der Waals surface area (Å²) in [7, 11) is 0. The number of carbonyl (C=O) groups is 1. The van der Waals surface area contributed by atoms with Crippen LogP contribution in [-0.4, -0.2) is 17.0 Å². The summed E-state index contributed by atoms with van der Waals surface area (Å²) >= 11 is 0. The highest BCUT2D eigenvalue weighted by molar-refractivity contribution is 6.07. The summed E-state index contributed by atoms with van der Waals surface area (Å²) in [5, 5.41) is 0. The van der Waals surface area contributed by atoms with Gasteiger partial charge in [-0.1, -0.05) is 53.9 Å². The maximum Gasteiger partial charge on any atom is 0.241 e. The second-order valence-electron chi connectivity index (χ2n) is 6.67. The van der Waals surface area contributed by atoms with E-state index < -0.39 is 0 Å². The van der Waals surface area contributed by atoms with Crippen molar-refractivity contribution in [3.63, 3.8) is 0 Å². The molecule has 26 heavy (non-hydrogen) atoms. The molecule has 0 spiro atoms. The smallest absolute Gasteiger partial charge is 0.241 e. The van der Waals surface area contributed by atoms with Crippen LogP contribution in [0.15, 0.2) is 66.9 Å². The summed E-state index contributed by atoms with van der Waals surface area (Å²) in [6, 6.07) is 20.5. The lowest BCUT2D eigenvalue weighted by Crippen LogP contribution is -2.30. The Morgan fingerprint density at radius 2 is 1.81 bits per heavy atom. The summed E-state index contributed by atoms with van der Waals surface area (Å²) in [6.07, 6.45) is 7.52. The number of fused-ring (bicyclic) bond motifs is 1. The first-order valence-corrected chi connectivity index (χ1v) is 8.73. The van der Waals surface area contributed by atoms with Crippen LogP contribution in [0.25, 0.3) is 0 Å². The van der Waals surface area contributed by atoms with E-state index in [4.69, 9.17) is 6.42 Å². The third-order valence-electron chi connectivity index (χ3n) is 4.93. The van der Waals surface area contributed by atoms with Crippen LogP contribution in [0.2, 0.25) is 0 Å². The minimum atomic E-state index is -0.306. The SMILES string of the molecule is C#CCN1C(=O)C(c2cccn2Cc2ccc(C)cc2)c2ccccc21. The normalized spacial score (nSPS) is 15.8. The van der Waals surface area contributed by atoms with E-state index in [1.54, 1.807) is 4.90 Å². The van der Waals surface area contributed by atoms with E-state index in [1.165, 1.54) is 11.1 Å². The molecule has 0 aliphatic carbocycles. The van der Waals surface area contributed by atoms with Gasteiger partial charge in [0.2, 0.25) is 5.91 Å². The molecule has 2 aromatic carbocycles. The molecule has 1 aliphatic rings. The number of para-hydroxylation sites is 1. The lowest BCUT2D eigenvalue weighted by molar-refractivity contribution is -0.118. The molecule has 2 heterocycles. The van der Waals surface area contributed by atoms with Gasteiger partial charge in [0.1, 0.15) is 5.92 Å². The number of terminal acetylenes is 1. The number of anilines is 1. The Bertz CT molecular complexity index is 992. The van der Waals surface area contributed by atoms with Crippen molar-refractivity contribution in [3.05, 3.63) is 89.2 Å². The molecule has 1 aliphatic heterocycles. The van der Waals surface area contributed by atoms with Crippen molar-refractivity contribution in [2.24, 2.45) is 0 Å². The molecule has 1 amide bonds. The molecule has 128 valence electrons. The molecular formula is C23H20N2O. The number of benzene rings is 2. The average molecular weight is 340 g/mol. The molecule has 3 heteroatoms. The summed E-state index contributed by atoms with van der Waals surface area (Å²) < 4.78 is 2.16. The fourth-order valence-corrected chi connectivity index (χ4v) is 3.65. The van der Waals surface area contributed by atoms with E-state index in [1.807, 2.05) is 42.6 Å². The van der Waals surface area contributed by atoms with Crippen LogP contribution in [0.5, 0.6) is 0 Å². The molecule has 0 radical (unpaired) electrons. The van der Waals surface area contributed by atoms with E-state index in [0.717, 1.165) is 23.5 Å². The standard InChI is InChI=1S/C23H20N2O/c1-3-14-25-20-8-5-4-7-19(20)22(23(25)26)21-9-6-15-24(21)16-18-12-10-17(2)11-13-18/h1,4-13,15,22H,14,16H2,2H3. The zero-order valence-electron chi connectivity index (χ0n) is 14.7. The van der Waals surface area contributed by atoms with Crippen LogP contribution in [0.4, 0.5) is 5.69 Å². The van der Waals surface area contributed by atoms with Gasteiger partial charge in [0.05, 0.1) is 6.54 Å². The lowest BCUT2D eigenvalue weighted by Gasteiger charge is -2.16. The summed E-state index contributed by atoms with van der Waals surface area (Å²) in [5.41, 5.74) is 5.40. The Kier molecular flexibility index (Phi) is 4.10. The van der Waals surface area contributed by atoms with E-state index in [-0.39, 0.29) is 11.8 Å². The quantitative estimate of drug-likeness (QED) is 0.660. The van der Waals surface area contributed by atoms with Crippen molar-refractivity contribution in [2.45, 2.75) is 19.4 Å². The Balaban J connectivity index is 1.73. The number of amides is 1. The second kappa shape index (κ2) is 6.57. The number of carbonyl (C=O) groups excluding carboxylic acids is 1. The van der Waals surface area contributed by atoms with Crippen molar-refractivity contribution in [2.75, 3.05) is 11.4 Å². The Morgan fingerprint density at radius 3 is 2.58 bits per heavy atom. The van der Waals surface area contributed by atoms with Gasteiger partial charge in [-0.05, 0) is 36.2 Å². The maximum absolute atomic E-state index is 13.1. The van der Waals surface area contributed by atoms with Gasteiger partial charge < -0.3 is 4.57 Å². The van der Waals surface area contributed by atoms with Crippen molar-refractivity contribution in [1.82, 2.24) is 4.57 Å². The predicted molar refractivity (Wildman–Crippen MR) is 104 cm³/mol. The van der Waals surface area contributed by atoms with Crippen LogP contribution in [-0.2, 0) is 11.3 Å². The molecule has 0 saturated carbocycles. The molecule has 1 aromatic heterocycles. The fraction of sp³-hybridized carbons (Fsp3) is 0.174. The van der Waals surface area contributed by atoms with Crippen molar-refractivity contribution in [3.8, 4) is 12.3 Å². The molecule has 0 saturated heterocycles. The van der Waals surface area contributed by atoms with E-state index in [0.29, 0.717) is 6.54 Å². The van der Waals surface area contributed by atoms with Gasteiger partial charge in [-0.25, -0.2) is 0 Å². The van der Waals surface area contributed by atoms with Gasteiger partial charge in [0.15, 0.2) is 0 Å². The Labute approximate surface area is 153 Å². The number of nitrogens with zero attached hydrogens (tertiary/aromatic N) is 2. The highest BCUT2D eigenvalue weighted by Crippen LogP contribution is 2.41. The van der Waals surface area contributed by atoms with Crippen molar-refractivity contribution < 1.29 is 4.79 Å². The monoisotopic (exact) mass is 340 g/mol. The van der Waals surface area contributed by atoms with Crippen LogP contribution in [0.1, 0.15) is 28.3 Å². The second-order valence-corrected chi connectivity index (χ2v) is 6.67. The van der Waals surface area contributed by atoms with Crippen LogP contribution in [0, 0.1) is 19.3 Å². The predicted octanol–water partition coefficient (Wildman–Crippen LogP) is 3.96. The maximum atomic E-state index is 13.1. The first-order chi connectivity index (χ1) is 12.7. The van der Waals surface area contributed by atoms with Gasteiger partial charge in [-0.2, -0.15) is 0 Å². The summed E-state index contributed by atoms with van der Waals surface area (Å²) in [4.78, 5) is 14.8. The van der Waals surface area contributed by atoms with Crippen LogP contribution >= 0.6 is 0 Å². The Hall–Kier alpha value is -3.25. The molecule has 4 rings (SSSR count). The fourth-order valence-electron chi connectivity index (χ4n) is 3.65. The average Bonchev–Trinajstić information content (AvgIpc) is 3.20. The lowest BCUT2D eigenvalue weighted by atomic mass is 9.97. The highest BCUT2D eigenvalue weighted by atomic mass is 16.2. The number of aryl methyl sites for hydroxylation is 1. The molecule has 3 aromatic rings. The zero-order valence-corrected chi connectivity index (χ0v) is 14.7. The van der Waals surface area contributed by atoms with Crippen LogP contribution in [0.3, 0.4) is 0 Å². The van der Waals surface area contributed by atoms with Crippen LogP contribution < -0.4 is 4.90 Å². The van der Waals surface area contributed by atoms with Crippen molar-refractivity contribution in [1.29, 1.82) is 0 Å². The number of rotatable bonds is 4. The molecule has 1 unspecified atom stereocenters. The molecule has 0 N–H and O–H groups in total. The number of aromatic nitrogens is 1. The molecule has 3 nitrogen and oxygen atoms in total. The molecule has 1 atom stereocenters. The first kappa shape index (κ1) is 16.2. The largest absolute Gasteiger partial charge is 0.346 e. The molecule has 0 fully saturated rings. The minimum absolute atomic E-state index is 0.0491. The topological polar surface area (TPSA) is 25.2 Å². The third-order valence-corrected chi connectivity index (χ3v) is 4.93. The van der Waals surface area contributed by atoms with E-state index in [2.05, 4.69) is 41.7 Å². The first-order valence-electron chi connectivity index (χ1n) is 8.73. The summed E-state index contributed by atoms with van der Waals surface area (Å²) in [5.74, 6) is 2.35.